The number of carbonyl (C=O) groups excluding carboxylic acids is 1. The van der Waals surface area contributed by atoms with Crippen molar-refractivity contribution in [1.82, 2.24) is 9.97 Å². The molecule has 144 valence electrons. The maximum absolute atomic E-state index is 12.6. The summed E-state index contributed by atoms with van der Waals surface area (Å²) in [5.74, 6) is 0.317. The van der Waals surface area contributed by atoms with Gasteiger partial charge in [-0.15, -0.1) is 0 Å². The first-order valence-electron chi connectivity index (χ1n) is 9.24. The number of amides is 1. The molecule has 1 aromatic heterocycles. The normalized spacial score (nSPS) is 10.4. The van der Waals surface area contributed by atoms with E-state index in [-0.39, 0.29) is 11.6 Å². The van der Waals surface area contributed by atoms with Crippen molar-refractivity contribution in [2.45, 2.75) is 20.3 Å². The van der Waals surface area contributed by atoms with Gasteiger partial charge >= 0.3 is 0 Å². The molecule has 0 aliphatic rings. The van der Waals surface area contributed by atoms with Gasteiger partial charge in [0.2, 0.25) is 0 Å². The monoisotopic (exact) mass is 375 g/mol. The number of aryl methyl sites for hydroxylation is 2. The molecule has 2 aromatic carbocycles. The molecule has 28 heavy (non-hydrogen) atoms. The number of nitrogens with one attached hydrogen (secondary N) is 2. The second-order valence-corrected chi connectivity index (χ2v) is 6.77. The van der Waals surface area contributed by atoms with Crippen LogP contribution in [-0.4, -0.2) is 30.0 Å². The first kappa shape index (κ1) is 19.4. The molecule has 6 heteroatoms. The Morgan fingerprint density at radius 1 is 1.04 bits per heavy atom. The quantitative estimate of drug-likeness (QED) is 0.668. The molecule has 1 heterocycles. The minimum Gasteiger partial charge on any atom is -0.378 e. The Bertz CT molecular complexity index is 950. The zero-order valence-electron chi connectivity index (χ0n) is 16.7. The van der Waals surface area contributed by atoms with E-state index in [0.717, 1.165) is 34.6 Å². The van der Waals surface area contributed by atoms with Gasteiger partial charge in [-0.3, -0.25) is 4.79 Å². The predicted molar refractivity (Wildman–Crippen MR) is 115 cm³/mol. The lowest BCUT2D eigenvalue weighted by molar-refractivity contribution is 0.102. The third-order valence-corrected chi connectivity index (χ3v) is 4.52. The highest BCUT2D eigenvalue weighted by Crippen LogP contribution is 2.22. The molecule has 3 aromatic rings. The fourth-order valence-electron chi connectivity index (χ4n) is 2.88. The lowest BCUT2D eigenvalue weighted by Gasteiger charge is -2.13. The molecule has 2 N–H and O–H groups in total. The van der Waals surface area contributed by atoms with Crippen LogP contribution in [0.5, 0.6) is 0 Å². The van der Waals surface area contributed by atoms with Crippen molar-refractivity contribution in [1.29, 1.82) is 0 Å². The number of aromatic nitrogens is 2. The molecule has 0 fully saturated rings. The standard InChI is InChI=1S/C22H25N5O/c1-5-16-8-6-7-15(2)21(16)26-22(28)19-13-24-20(14-23-19)25-17-9-11-18(12-10-17)27(3)4/h6-14H,5H2,1-4H3,(H,24,25)(H,26,28). The van der Waals surface area contributed by atoms with Crippen LogP contribution in [-0.2, 0) is 6.42 Å². The van der Waals surface area contributed by atoms with E-state index in [0.29, 0.717) is 5.82 Å². The van der Waals surface area contributed by atoms with Gasteiger partial charge in [-0.2, -0.15) is 0 Å². The predicted octanol–water partition coefficient (Wildman–Crippen LogP) is 4.41. The number of benzene rings is 2. The van der Waals surface area contributed by atoms with Gasteiger partial charge in [-0.1, -0.05) is 25.1 Å². The van der Waals surface area contributed by atoms with E-state index in [2.05, 4.69) is 27.5 Å². The summed E-state index contributed by atoms with van der Waals surface area (Å²) < 4.78 is 0. The second-order valence-electron chi connectivity index (χ2n) is 6.77. The van der Waals surface area contributed by atoms with E-state index in [9.17, 15) is 4.79 Å². The molecule has 0 saturated heterocycles. The molecule has 0 unspecified atom stereocenters. The summed E-state index contributed by atoms with van der Waals surface area (Å²) in [5.41, 5.74) is 5.27. The minimum atomic E-state index is -0.265. The van der Waals surface area contributed by atoms with Crippen molar-refractivity contribution in [2.24, 2.45) is 0 Å². The highest BCUT2D eigenvalue weighted by Gasteiger charge is 2.12. The number of carbonyl (C=O) groups is 1. The van der Waals surface area contributed by atoms with Crippen molar-refractivity contribution in [3.63, 3.8) is 0 Å². The Kier molecular flexibility index (Phi) is 5.89. The zero-order chi connectivity index (χ0) is 20.1. The molecule has 0 bridgehead atoms. The lowest BCUT2D eigenvalue weighted by atomic mass is 10.1. The molecule has 1 amide bonds. The number of hydrogen-bond acceptors (Lipinski definition) is 5. The number of para-hydroxylation sites is 1. The van der Waals surface area contributed by atoms with Gasteiger partial charge in [0.05, 0.1) is 12.4 Å². The van der Waals surface area contributed by atoms with Crippen molar-refractivity contribution < 1.29 is 4.79 Å². The summed E-state index contributed by atoms with van der Waals surface area (Å²) in [6.07, 6.45) is 3.89. The van der Waals surface area contributed by atoms with Crippen LogP contribution < -0.4 is 15.5 Å². The maximum Gasteiger partial charge on any atom is 0.275 e. The molecular weight excluding hydrogens is 350 g/mol. The third kappa shape index (κ3) is 4.46. The lowest BCUT2D eigenvalue weighted by Crippen LogP contribution is -2.16. The molecule has 0 saturated carbocycles. The number of anilines is 4. The Labute approximate surface area is 165 Å². The van der Waals surface area contributed by atoms with Crippen molar-refractivity contribution >= 4 is 28.8 Å². The first-order valence-corrected chi connectivity index (χ1v) is 9.24. The molecule has 0 spiro atoms. The number of nitrogens with zero attached hydrogens (tertiary/aromatic N) is 3. The van der Waals surface area contributed by atoms with Crippen molar-refractivity contribution in [3.05, 3.63) is 71.7 Å². The average Bonchev–Trinajstić information content (AvgIpc) is 2.70. The molecule has 0 atom stereocenters. The Hall–Kier alpha value is -3.41. The highest BCUT2D eigenvalue weighted by atomic mass is 16.1. The molecule has 0 aliphatic heterocycles. The summed E-state index contributed by atoms with van der Waals surface area (Å²) in [6.45, 7) is 4.05. The van der Waals surface area contributed by atoms with Crippen LogP contribution in [0.15, 0.2) is 54.9 Å². The summed E-state index contributed by atoms with van der Waals surface area (Å²) in [7, 11) is 4.00. The smallest absolute Gasteiger partial charge is 0.275 e. The van der Waals surface area contributed by atoms with E-state index in [1.165, 1.54) is 6.20 Å². The Balaban J connectivity index is 1.69. The van der Waals surface area contributed by atoms with E-state index >= 15 is 0 Å². The fourth-order valence-corrected chi connectivity index (χ4v) is 2.88. The summed E-state index contributed by atoms with van der Waals surface area (Å²) >= 11 is 0. The van der Waals surface area contributed by atoms with Gasteiger partial charge in [-0.25, -0.2) is 9.97 Å². The van der Waals surface area contributed by atoms with E-state index in [1.807, 2.05) is 68.4 Å². The van der Waals surface area contributed by atoms with Gasteiger partial charge in [0.25, 0.3) is 5.91 Å². The van der Waals surface area contributed by atoms with Crippen LogP contribution in [0.25, 0.3) is 0 Å². The van der Waals surface area contributed by atoms with E-state index in [4.69, 9.17) is 0 Å². The summed E-state index contributed by atoms with van der Waals surface area (Å²) in [6, 6.07) is 14.0. The van der Waals surface area contributed by atoms with Crippen molar-refractivity contribution in [2.75, 3.05) is 29.6 Å². The van der Waals surface area contributed by atoms with Crippen LogP contribution in [0.1, 0.15) is 28.5 Å². The first-order chi connectivity index (χ1) is 13.5. The summed E-state index contributed by atoms with van der Waals surface area (Å²) in [5, 5.41) is 6.15. The molecule has 3 rings (SSSR count). The highest BCUT2D eigenvalue weighted by molar-refractivity contribution is 6.03. The van der Waals surface area contributed by atoms with E-state index < -0.39 is 0 Å². The molecule has 0 aliphatic carbocycles. The van der Waals surface area contributed by atoms with Gasteiger partial charge in [0.1, 0.15) is 11.5 Å². The molecular formula is C22H25N5O. The topological polar surface area (TPSA) is 70.2 Å². The van der Waals surface area contributed by atoms with E-state index in [1.54, 1.807) is 6.20 Å². The van der Waals surface area contributed by atoms with Crippen LogP contribution in [0.4, 0.5) is 22.9 Å². The maximum atomic E-state index is 12.6. The second kappa shape index (κ2) is 8.52. The molecule has 6 nitrogen and oxygen atoms in total. The summed E-state index contributed by atoms with van der Waals surface area (Å²) in [4.78, 5) is 23.2. The van der Waals surface area contributed by atoms with Gasteiger partial charge in [0, 0.05) is 31.2 Å². The average molecular weight is 375 g/mol. The third-order valence-electron chi connectivity index (χ3n) is 4.52. The zero-order valence-corrected chi connectivity index (χ0v) is 16.7. The number of hydrogen-bond donors (Lipinski definition) is 2. The SMILES string of the molecule is CCc1cccc(C)c1NC(=O)c1cnc(Nc2ccc(N(C)C)cc2)cn1. The Morgan fingerprint density at radius 3 is 2.39 bits per heavy atom. The largest absolute Gasteiger partial charge is 0.378 e. The van der Waals surface area contributed by atoms with Crippen LogP contribution in [0.2, 0.25) is 0 Å². The van der Waals surface area contributed by atoms with Crippen molar-refractivity contribution in [3.8, 4) is 0 Å². The minimum absolute atomic E-state index is 0.265. The van der Waals surface area contributed by atoms with Crippen LogP contribution >= 0.6 is 0 Å². The number of rotatable bonds is 6. The Morgan fingerprint density at radius 2 is 1.79 bits per heavy atom. The van der Waals surface area contributed by atoms with Gasteiger partial charge in [-0.05, 0) is 48.7 Å². The fraction of sp³-hybridized carbons (Fsp3) is 0.227. The van der Waals surface area contributed by atoms with Gasteiger partial charge < -0.3 is 15.5 Å². The van der Waals surface area contributed by atoms with Gasteiger partial charge in [0.15, 0.2) is 0 Å². The van der Waals surface area contributed by atoms with Crippen LogP contribution in [0, 0.1) is 6.92 Å². The van der Waals surface area contributed by atoms with Crippen LogP contribution in [0.3, 0.4) is 0 Å². The molecule has 0 radical (unpaired) electrons.